The summed E-state index contributed by atoms with van der Waals surface area (Å²) in [5, 5.41) is 15.3. The van der Waals surface area contributed by atoms with E-state index in [-0.39, 0.29) is 6.61 Å². The van der Waals surface area contributed by atoms with Gasteiger partial charge in [0, 0.05) is 31.7 Å². The van der Waals surface area contributed by atoms with E-state index < -0.39 is 6.10 Å². The second-order valence-electron chi connectivity index (χ2n) is 8.76. The van der Waals surface area contributed by atoms with Crippen LogP contribution in [0.4, 0.5) is 5.88 Å². The predicted molar refractivity (Wildman–Crippen MR) is 140 cm³/mol. The first-order valence-corrected chi connectivity index (χ1v) is 12.5. The van der Waals surface area contributed by atoms with E-state index in [4.69, 9.17) is 13.7 Å². The van der Waals surface area contributed by atoms with E-state index >= 15 is 0 Å². The highest BCUT2D eigenvalue weighted by atomic mass is 16.5. The van der Waals surface area contributed by atoms with Gasteiger partial charge in [-0.2, -0.15) is 0 Å². The van der Waals surface area contributed by atoms with Gasteiger partial charge in [-0.15, -0.1) is 0 Å². The fourth-order valence-electron chi connectivity index (χ4n) is 4.29. The van der Waals surface area contributed by atoms with Crippen molar-refractivity contribution in [2.45, 2.75) is 39.6 Å². The Balaban J connectivity index is 1.53. The minimum absolute atomic E-state index is 0.238. The predicted octanol–water partition coefficient (Wildman–Crippen LogP) is 5.36. The van der Waals surface area contributed by atoms with Gasteiger partial charge in [0.05, 0.1) is 37.7 Å². The monoisotopic (exact) mass is 489 g/mol. The lowest BCUT2D eigenvalue weighted by Gasteiger charge is -2.26. The van der Waals surface area contributed by atoms with Crippen molar-refractivity contribution in [1.29, 1.82) is 0 Å². The SMILES string of the molecule is CCN(CC)c1onc(-c2ccccc2)c1CN(Cc1ccco1)CC(O)COCc1ccccc1. The lowest BCUT2D eigenvalue weighted by molar-refractivity contribution is 0.00615. The summed E-state index contributed by atoms with van der Waals surface area (Å²) in [6.07, 6.45) is 1.00. The molecule has 0 aliphatic heterocycles. The maximum absolute atomic E-state index is 10.9. The molecule has 4 rings (SSSR count). The Labute approximate surface area is 212 Å². The molecule has 1 atom stereocenters. The molecule has 2 aromatic carbocycles. The maximum Gasteiger partial charge on any atom is 0.232 e. The lowest BCUT2D eigenvalue weighted by atomic mass is 10.1. The number of nitrogens with zero attached hydrogens (tertiary/aromatic N) is 3. The first-order chi connectivity index (χ1) is 17.7. The number of anilines is 1. The summed E-state index contributed by atoms with van der Waals surface area (Å²) in [6, 6.07) is 23.9. The molecule has 0 spiro atoms. The van der Waals surface area contributed by atoms with Crippen LogP contribution < -0.4 is 4.90 Å². The van der Waals surface area contributed by atoms with Crippen LogP contribution in [0.5, 0.6) is 0 Å². The fraction of sp³-hybridized carbons (Fsp3) is 0.345. The molecule has 0 radical (unpaired) electrons. The highest BCUT2D eigenvalue weighted by molar-refractivity contribution is 5.68. The molecule has 4 aromatic rings. The quantitative estimate of drug-likeness (QED) is 0.256. The molecular weight excluding hydrogens is 454 g/mol. The van der Waals surface area contributed by atoms with Crippen LogP contribution in [-0.2, 0) is 24.4 Å². The summed E-state index contributed by atoms with van der Waals surface area (Å²) in [5.41, 5.74) is 3.89. The van der Waals surface area contributed by atoms with Crippen molar-refractivity contribution in [3.8, 4) is 11.3 Å². The van der Waals surface area contributed by atoms with Crippen molar-refractivity contribution >= 4 is 5.88 Å². The summed E-state index contributed by atoms with van der Waals surface area (Å²) in [6.45, 7) is 8.01. The van der Waals surface area contributed by atoms with Crippen molar-refractivity contribution in [3.63, 3.8) is 0 Å². The summed E-state index contributed by atoms with van der Waals surface area (Å²) < 4.78 is 17.3. The number of benzene rings is 2. The number of aliphatic hydroxyl groups excluding tert-OH is 1. The van der Waals surface area contributed by atoms with Gasteiger partial charge in [0.2, 0.25) is 5.88 Å². The van der Waals surface area contributed by atoms with Gasteiger partial charge in [-0.25, -0.2) is 0 Å². The Morgan fingerprint density at radius 3 is 2.31 bits per heavy atom. The van der Waals surface area contributed by atoms with Gasteiger partial charge in [-0.1, -0.05) is 65.8 Å². The topological polar surface area (TPSA) is 75.1 Å². The number of rotatable bonds is 14. The van der Waals surface area contributed by atoms with Crippen LogP contribution in [0.2, 0.25) is 0 Å². The zero-order valence-electron chi connectivity index (χ0n) is 21.0. The summed E-state index contributed by atoms with van der Waals surface area (Å²) in [4.78, 5) is 4.32. The van der Waals surface area contributed by atoms with Crippen molar-refractivity contribution in [3.05, 3.63) is 95.9 Å². The number of furan rings is 1. The van der Waals surface area contributed by atoms with E-state index in [1.165, 1.54) is 0 Å². The molecule has 0 aliphatic carbocycles. The second-order valence-corrected chi connectivity index (χ2v) is 8.76. The molecule has 190 valence electrons. The van der Waals surface area contributed by atoms with Crippen molar-refractivity contribution in [2.75, 3.05) is 31.1 Å². The van der Waals surface area contributed by atoms with E-state index in [2.05, 4.69) is 28.8 Å². The van der Waals surface area contributed by atoms with E-state index in [0.29, 0.717) is 26.2 Å². The number of ether oxygens (including phenoxy) is 1. The summed E-state index contributed by atoms with van der Waals surface area (Å²) in [5.74, 6) is 1.59. The molecule has 1 N–H and O–H groups in total. The standard InChI is InChI=1S/C29H35N3O4/c1-3-32(4-2)29-27(28(30-36-29)24-14-9-6-10-15-24)20-31(19-26-16-11-17-35-26)18-25(33)22-34-21-23-12-7-5-8-13-23/h5-17,25,33H,3-4,18-22H2,1-2H3. The third kappa shape index (κ3) is 6.85. The van der Waals surface area contributed by atoms with Crippen LogP contribution in [0.25, 0.3) is 11.3 Å². The van der Waals surface area contributed by atoms with Gasteiger partial charge in [0.25, 0.3) is 0 Å². The lowest BCUT2D eigenvalue weighted by Crippen LogP contribution is -2.35. The van der Waals surface area contributed by atoms with Crippen molar-refractivity contribution in [2.24, 2.45) is 0 Å². The average Bonchev–Trinajstić information content (AvgIpc) is 3.56. The second kappa shape index (κ2) is 13.1. The zero-order valence-corrected chi connectivity index (χ0v) is 21.0. The molecule has 0 saturated carbocycles. The molecule has 0 saturated heterocycles. The molecule has 1 unspecified atom stereocenters. The van der Waals surface area contributed by atoms with Crippen LogP contribution in [0.15, 0.2) is 88.0 Å². The number of aliphatic hydroxyl groups is 1. The van der Waals surface area contributed by atoms with Crippen LogP contribution in [0, 0.1) is 0 Å². The molecule has 2 aromatic heterocycles. The highest BCUT2D eigenvalue weighted by Crippen LogP contribution is 2.33. The average molecular weight is 490 g/mol. The first-order valence-electron chi connectivity index (χ1n) is 12.5. The Kier molecular flexibility index (Phi) is 9.33. The largest absolute Gasteiger partial charge is 0.468 e. The van der Waals surface area contributed by atoms with E-state index in [1.807, 2.05) is 72.8 Å². The van der Waals surface area contributed by atoms with Gasteiger partial charge in [-0.3, -0.25) is 4.90 Å². The summed E-state index contributed by atoms with van der Waals surface area (Å²) in [7, 11) is 0. The van der Waals surface area contributed by atoms with E-state index in [0.717, 1.165) is 47.1 Å². The third-order valence-corrected chi connectivity index (χ3v) is 6.10. The molecule has 7 nitrogen and oxygen atoms in total. The molecule has 0 aliphatic rings. The molecule has 7 heteroatoms. The summed E-state index contributed by atoms with van der Waals surface area (Å²) >= 11 is 0. The number of hydrogen-bond donors (Lipinski definition) is 1. The van der Waals surface area contributed by atoms with Gasteiger partial charge in [0.1, 0.15) is 11.5 Å². The van der Waals surface area contributed by atoms with Gasteiger partial charge in [0.15, 0.2) is 0 Å². The van der Waals surface area contributed by atoms with E-state index in [1.54, 1.807) is 6.26 Å². The fourth-order valence-corrected chi connectivity index (χ4v) is 4.29. The Bertz CT molecular complexity index is 1140. The molecule has 0 fully saturated rings. The minimum atomic E-state index is -0.666. The molecule has 0 bridgehead atoms. The highest BCUT2D eigenvalue weighted by Gasteiger charge is 2.25. The first kappa shape index (κ1) is 25.7. The Hall–Kier alpha value is -3.39. The minimum Gasteiger partial charge on any atom is -0.468 e. The molecular formula is C29H35N3O4. The van der Waals surface area contributed by atoms with Crippen LogP contribution in [0.3, 0.4) is 0 Å². The molecule has 0 amide bonds. The van der Waals surface area contributed by atoms with E-state index in [9.17, 15) is 5.11 Å². The Morgan fingerprint density at radius 2 is 1.64 bits per heavy atom. The third-order valence-electron chi connectivity index (χ3n) is 6.10. The molecule has 36 heavy (non-hydrogen) atoms. The number of hydrogen-bond acceptors (Lipinski definition) is 7. The molecule has 2 heterocycles. The van der Waals surface area contributed by atoms with Crippen LogP contribution >= 0.6 is 0 Å². The normalized spacial score (nSPS) is 12.2. The van der Waals surface area contributed by atoms with Crippen molar-refractivity contribution < 1.29 is 18.8 Å². The maximum atomic E-state index is 10.9. The van der Waals surface area contributed by atoms with Gasteiger partial charge < -0.3 is 23.7 Å². The number of aromatic nitrogens is 1. The van der Waals surface area contributed by atoms with Crippen LogP contribution in [-0.4, -0.2) is 47.5 Å². The van der Waals surface area contributed by atoms with Crippen molar-refractivity contribution in [1.82, 2.24) is 10.1 Å². The Morgan fingerprint density at radius 1 is 0.917 bits per heavy atom. The van der Waals surface area contributed by atoms with Gasteiger partial charge >= 0.3 is 0 Å². The smallest absolute Gasteiger partial charge is 0.232 e. The van der Waals surface area contributed by atoms with Gasteiger partial charge in [-0.05, 0) is 31.5 Å². The zero-order chi connectivity index (χ0) is 25.2. The van der Waals surface area contributed by atoms with Crippen LogP contribution in [0.1, 0.15) is 30.7 Å².